The van der Waals surface area contributed by atoms with Gasteiger partial charge in [0, 0.05) is 12.6 Å². The summed E-state index contributed by atoms with van der Waals surface area (Å²) >= 11 is 0. The quantitative estimate of drug-likeness (QED) is 0.675. The number of carbonyl (C=O) groups excluding carboxylic acids is 1. The van der Waals surface area contributed by atoms with Crippen molar-refractivity contribution in [2.45, 2.75) is 13.1 Å². The smallest absolute Gasteiger partial charge is 0.221 e. The van der Waals surface area contributed by atoms with Crippen molar-refractivity contribution in [3.8, 4) is 0 Å². The molecule has 120 valence electrons. The molecule has 2 heterocycles. The first-order valence-corrected chi connectivity index (χ1v) is 7.56. The Balaban J connectivity index is 1.80. The van der Waals surface area contributed by atoms with E-state index in [2.05, 4.69) is 20.6 Å². The Morgan fingerprint density at radius 3 is 2.71 bits per heavy atom. The van der Waals surface area contributed by atoms with Crippen LogP contribution in [0.5, 0.6) is 0 Å². The van der Waals surface area contributed by atoms with Crippen molar-refractivity contribution < 1.29 is 4.79 Å². The molecule has 0 fully saturated rings. The number of hydrogen-bond acceptors (Lipinski definition) is 5. The fourth-order valence-corrected chi connectivity index (χ4v) is 2.88. The molecular formula is C17H16N6O. The zero-order chi connectivity index (χ0) is 16.7. The SMILES string of the molecule is CC(=O)Nc1ccc([C@H]2N=C(N)Nc3nc4ccccc4n32)cc1. The number of guanidine groups is 1. The third-order valence-electron chi connectivity index (χ3n) is 3.87. The van der Waals surface area contributed by atoms with Crippen LogP contribution in [0.4, 0.5) is 11.6 Å². The lowest BCUT2D eigenvalue weighted by atomic mass is 10.1. The van der Waals surface area contributed by atoms with E-state index >= 15 is 0 Å². The molecule has 0 spiro atoms. The second-order valence-electron chi connectivity index (χ2n) is 5.61. The lowest BCUT2D eigenvalue weighted by molar-refractivity contribution is -0.114. The first-order chi connectivity index (χ1) is 11.6. The number of imidazole rings is 1. The summed E-state index contributed by atoms with van der Waals surface area (Å²) in [5.41, 5.74) is 9.48. The van der Waals surface area contributed by atoms with E-state index < -0.39 is 0 Å². The maximum absolute atomic E-state index is 11.1. The molecule has 0 aliphatic carbocycles. The van der Waals surface area contributed by atoms with Gasteiger partial charge in [-0.25, -0.2) is 9.98 Å². The maximum Gasteiger partial charge on any atom is 0.221 e. The second kappa shape index (κ2) is 5.38. The molecule has 3 aromatic rings. The summed E-state index contributed by atoms with van der Waals surface area (Å²) in [5, 5.41) is 5.77. The number of amides is 1. The van der Waals surface area contributed by atoms with E-state index in [9.17, 15) is 4.79 Å². The topological polar surface area (TPSA) is 97.3 Å². The van der Waals surface area contributed by atoms with Crippen LogP contribution in [-0.2, 0) is 4.79 Å². The lowest BCUT2D eigenvalue weighted by Crippen LogP contribution is -2.31. The third-order valence-corrected chi connectivity index (χ3v) is 3.87. The third kappa shape index (κ3) is 2.36. The predicted molar refractivity (Wildman–Crippen MR) is 93.9 cm³/mol. The van der Waals surface area contributed by atoms with Gasteiger partial charge in [0.05, 0.1) is 11.0 Å². The van der Waals surface area contributed by atoms with Crippen LogP contribution in [0.2, 0.25) is 0 Å². The Hall–Kier alpha value is -3.35. The van der Waals surface area contributed by atoms with Gasteiger partial charge in [0.15, 0.2) is 12.1 Å². The van der Waals surface area contributed by atoms with Crippen molar-refractivity contribution in [1.29, 1.82) is 0 Å². The number of nitrogens with two attached hydrogens (primary N) is 1. The van der Waals surface area contributed by atoms with Gasteiger partial charge in [-0.2, -0.15) is 0 Å². The van der Waals surface area contributed by atoms with E-state index in [0.29, 0.717) is 11.9 Å². The van der Waals surface area contributed by atoms with E-state index in [1.807, 2.05) is 53.1 Å². The number of carbonyl (C=O) groups is 1. The summed E-state index contributed by atoms with van der Waals surface area (Å²) in [6.45, 7) is 1.48. The number of fused-ring (bicyclic) bond motifs is 3. The summed E-state index contributed by atoms with van der Waals surface area (Å²) in [6, 6.07) is 15.4. The van der Waals surface area contributed by atoms with E-state index in [-0.39, 0.29) is 12.1 Å². The highest BCUT2D eigenvalue weighted by Gasteiger charge is 2.24. The van der Waals surface area contributed by atoms with Crippen LogP contribution in [0, 0.1) is 0 Å². The van der Waals surface area contributed by atoms with Crippen LogP contribution >= 0.6 is 0 Å². The zero-order valence-electron chi connectivity index (χ0n) is 13.0. The van der Waals surface area contributed by atoms with Gasteiger partial charge in [-0.05, 0) is 29.8 Å². The van der Waals surface area contributed by atoms with E-state index in [4.69, 9.17) is 5.73 Å². The summed E-state index contributed by atoms with van der Waals surface area (Å²) in [5.74, 6) is 0.892. The van der Waals surface area contributed by atoms with Crippen LogP contribution in [0.15, 0.2) is 53.5 Å². The molecule has 7 heteroatoms. The molecular weight excluding hydrogens is 304 g/mol. The van der Waals surface area contributed by atoms with Gasteiger partial charge in [-0.3, -0.25) is 14.7 Å². The van der Waals surface area contributed by atoms with Gasteiger partial charge < -0.3 is 11.1 Å². The molecule has 2 aromatic carbocycles. The minimum atomic E-state index is -0.306. The number of para-hydroxylation sites is 2. The van der Waals surface area contributed by atoms with Gasteiger partial charge in [0.25, 0.3) is 0 Å². The molecule has 4 rings (SSSR count). The molecule has 1 aromatic heterocycles. The minimum Gasteiger partial charge on any atom is -0.370 e. The Labute approximate surface area is 138 Å². The van der Waals surface area contributed by atoms with Crippen molar-refractivity contribution in [1.82, 2.24) is 9.55 Å². The fraction of sp³-hybridized carbons (Fsp3) is 0.118. The molecule has 0 unspecified atom stereocenters. The number of benzene rings is 2. The Morgan fingerprint density at radius 2 is 1.96 bits per heavy atom. The highest BCUT2D eigenvalue weighted by molar-refractivity contribution is 5.94. The second-order valence-corrected chi connectivity index (χ2v) is 5.61. The number of aliphatic imine (C=N–C) groups is 1. The normalized spacial score (nSPS) is 16.2. The highest BCUT2D eigenvalue weighted by Crippen LogP contribution is 2.32. The van der Waals surface area contributed by atoms with E-state index in [0.717, 1.165) is 22.3 Å². The fourth-order valence-electron chi connectivity index (χ4n) is 2.88. The summed E-state index contributed by atoms with van der Waals surface area (Å²) in [4.78, 5) is 20.2. The summed E-state index contributed by atoms with van der Waals surface area (Å²) in [6.07, 6.45) is -0.306. The van der Waals surface area contributed by atoms with Crippen LogP contribution in [0.1, 0.15) is 18.7 Å². The lowest BCUT2D eigenvalue weighted by Gasteiger charge is -2.24. The molecule has 0 bridgehead atoms. The van der Waals surface area contributed by atoms with Gasteiger partial charge in [0.1, 0.15) is 0 Å². The molecule has 24 heavy (non-hydrogen) atoms. The average molecular weight is 320 g/mol. The summed E-state index contributed by atoms with van der Waals surface area (Å²) < 4.78 is 2.01. The standard InChI is InChI=1S/C17H16N6O/c1-10(24)19-12-8-6-11(7-9-12)15-21-16(18)22-17-20-13-4-2-3-5-14(13)23(15)17/h2-9,15H,1H3,(H,19,24)(H3,18,20,21,22)/t15-/m0/s1. The number of aromatic nitrogens is 2. The number of nitrogens with one attached hydrogen (secondary N) is 2. The molecule has 0 saturated carbocycles. The molecule has 4 N–H and O–H groups in total. The number of rotatable bonds is 2. The molecule has 0 saturated heterocycles. The molecule has 0 radical (unpaired) electrons. The molecule has 1 aliphatic heterocycles. The number of anilines is 2. The number of nitrogens with zero attached hydrogens (tertiary/aromatic N) is 3. The van der Waals surface area contributed by atoms with Crippen LogP contribution in [0.25, 0.3) is 11.0 Å². The Kier molecular flexibility index (Phi) is 3.19. The van der Waals surface area contributed by atoms with Crippen molar-refractivity contribution in [2.75, 3.05) is 10.6 Å². The Morgan fingerprint density at radius 1 is 1.21 bits per heavy atom. The van der Waals surface area contributed by atoms with Crippen LogP contribution in [0.3, 0.4) is 0 Å². The monoisotopic (exact) mass is 320 g/mol. The van der Waals surface area contributed by atoms with Crippen molar-refractivity contribution in [3.63, 3.8) is 0 Å². The zero-order valence-corrected chi connectivity index (χ0v) is 13.0. The maximum atomic E-state index is 11.1. The predicted octanol–water partition coefficient (Wildman–Crippen LogP) is 2.28. The first-order valence-electron chi connectivity index (χ1n) is 7.56. The van der Waals surface area contributed by atoms with Crippen LogP contribution in [-0.4, -0.2) is 21.4 Å². The average Bonchev–Trinajstić information content (AvgIpc) is 2.92. The number of hydrogen-bond donors (Lipinski definition) is 3. The minimum absolute atomic E-state index is 0.102. The summed E-state index contributed by atoms with van der Waals surface area (Å²) in [7, 11) is 0. The molecule has 1 amide bonds. The van der Waals surface area contributed by atoms with Gasteiger partial charge >= 0.3 is 0 Å². The van der Waals surface area contributed by atoms with Crippen LogP contribution < -0.4 is 16.4 Å². The van der Waals surface area contributed by atoms with Crippen molar-refractivity contribution >= 4 is 34.5 Å². The first kappa shape index (κ1) is 14.3. The van der Waals surface area contributed by atoms with Gasteiger partial charge in [0.2, 0.25) is 11.9 Å². The van der Waals surface area contributed by atoms with E-state index in [1.165, 1.54) is 6.92 Å². The van der Waals surface area contributed by atoms with Crippen molar-refractivity contribution in [2.24, 2.45) is 10.7 Å². The Bertz CT molecular complexity index is 957. The largest absolute Gasteiger partial charge is 0.370 e. The van der Waals surface area contributed by atoms with E-state index in [1.54, 1.807) is 0 Å². The molecule has 1 atom stereocenters. The van der Waals surface area contributed by atoms with Gasteiger partial charge in [-0.15, -0.1) is 0 Å². The van der Waals surface area contributed by atoms with Gasteiger partial charge in [-0.1, -0.05) is 24.3 Å². The molecule has 1 aliphatic rings. The molecule has 7 nitrogen and oxygen atoms in total. The van der Waals surface area contributed by atoms with Crippen molar-refractivity contribution in [3.05, 3.63) is 54.1 Å². The highest BCUT2D eigenvalue weighted by atomic mass is 16.1.